The average molecular weight is 448 g/mol. The van der Waals surface area contributed by atoms with Gasteiger partial charge in [-0.25, -0.2) is 0 Å². The highest BCUT2D eigenvalue weighted by molar-refractivity contribution is 5.94. The average Bonchev–Trinajstić information content (AvgIpc) is 2.71. The standard InChI is InChI=1S/C29H37NO3/c1-27(2,3)19-12-23(31)25-21-11-16(6-7-22(21)28(4,5)33-24(25)13-19)26(32)30-29-9-8-20-17(14-29)10-18(20)15-29/h6,8,12-13,17-18,21-22,31H,7,9-11,14-15H2,1-5H3,(H,30,32)/t17?,18?,21-,22-,29?/m1/s1. The Hall–Kier alpha value is -2.23. The SMILES string of the molecule is CC(C)(C)c1cc(O)c2c(c1)OC(C)(C)[C@@H]1CC=C(C(=O)NC34CC=C5C(CC5C3)C4)C[C@@H]21. The van der Waals surface area contributed by atoms with E-state index in [1.54, 1.807) is 5.57 Å². The summed E-state index contributed by atoms with van der Waals surface area (Å²) in [7, 11) is 0. The van der Waals surface area contributed by atoms with E-state index in [0.29, 0.717) is 24.0 Å². The molecular weight excluding hydrogens is 410 g/mol. The normalized spacial score (nSPS) is 35.3. The number of carbonyl (C=O) groups is 1. The summed E-state index contributed by atoms with van der Waals surface area (Å²) in [6, 6.07) is 4.00. The highest BCUT2D eigenvalue weighted by atomic mass is 16.5. The molecule has 1 amide bonds. The van der Waals surface area contributed by atoms with Crippen molar-refractivity contribution in [2.45, 2.75) is 95.6 Å². The molecule has 7 aliphatic rings. The van der Waals surface area contributed by atoms with Gasteiger partial charge in [-0.3, -0.25) is 4.79 Å². The van der Waals surface area contributed by atoms with Gasteiger partial charge in [-0.2, -0.15) is 0 Å². The van der Waals surface area contributed by atoms with Crippen molar-refractivity contribution in [1.29, 1.82) is 0 Å². The van der Waals surface area contributed by atoms with Crippen LogP contribution in [-0.2, 0) is 10.2 Å². The van der Waals surface area contributed by atoms with Gasteiger partial charge < -0.3 is 15.2 Å². The topological polar surface area (TPSA) is 58.6 Å². The molecule has 3 saturated carbocycles. The van der Waals surface area contributed by atoms with Crippen molar-refractivity contribution < 1.29 is 14.6 Å². The van der Waals surface area contributed by atoms with E-state index < -0.39 is 0 Å². The Morgan fingerprint density at radius 2 is 1.88 bits per heavy atom. The predicted molar refractivity (Wildman–Crippen MR) is 129 cm³/mol. The van der Waals surface area contributed by atoms with Crippen molar-refractivity contribution in [3.8, 4) is 11.5 Å². The van der Waals surface area contributed by atoms with Crippen molar-refractivity contribution in [3.63, 3.8) is 0 Å². The lowest BCUT2D eigenvalue weighted by atomic mass is 9.51. The molecule has 176 valence electrons. The van der Waals surface area contributed by atoms with Gasteiger partial charge in [0.05, 0.1) is 0 Å². The van der Waals surface area contributed by atoms with E-state index in [1.807, 2.05) is 6.07 Å². The van der Waals surface area contributed by atoms with Gasteiger partial charge in [-0.15, -0.1) is 0 Å². The van der Waals surface area contributed by atoms with Crippen LogP contribution in [0.25, 0.3) is 0 Å². The van der Waals surface area contributed by atoms with Crippen molar-refractivity contribution in [2.24, 2.45) is 17.8 Å². The van der Waals surface area contributed by atoms with Gasteiger partial charge in [0, 0.05) is 28.5 Å². The number of phenolic OH excluding ortho intramolecular Hbond substituents is 1. The van der Waals surface area contributed by atoms with Crippen LogP contribution in [0, 0.1) is 17.8 Å². The molecule has 0 spiro atoms. The zero-order chi connectivity index (χ0) is 23.3. The fraction of sp³-hybridized carbons (Fsp3) is 0.621. The van der Waals surface area contributed by atoms with E-state index >= 15 is 0 Å². The maximum atomic E-state index is 13.5. The van der Waals surface area contributed by atoms with Gasteiger partial charge in [-0.05, 0) is 87.3 Å². The predicted octanol–water partition coefficient (Wildman–Crippen LogP) is 5.90. The van der Waals surface area contributed by atoms with Gasteiger partial charge in [0.25, 0.3) is 0 Å². The number of allylic oxidation sites excluding steroid dienone is 2. The van der Waals surface area contributed by atoms with Crippen LogP contribution in [0.1, 0.15) is 90.2 Å². The molecule has 1 aromatic carbocycles. The number of hydrogen-bond acceptors (Lipinski definition) is 3. The zero-order valence-electron chi connectivity index (χ0n) is 20.6. The summed E-state index contributed by atoms with van der Waals surface area (Å²) < 4.78 is 6.48. The first-order valence-electron chi connectivity index (χ1n) is 12.7. The molecule has 6 aliphatic carbocycles. The van der Waals surface area contributed by atoms with Crippen molar-refractivity contribution in [1.82, 2.24) is 5.32 Å². The molecule has 4 atom stereocenters. The molecule has 0 radical (unpaired) electrons. The molecule has 4 heteroatoms. The Morgan fingerprint density at radius 3 is 2.55 bits per heavy atom. The highest BCUT2D eigenvalue weighted by Gasteiger charge is 2.54. The van der Waals surface area contributed by atoms with Crippen molar-refractivity contribution in [3.05, 3.63) is 46.6 Å². The lowest BCUT2D eigenvalue weighted by Crippen LogP contribution is -2.60. The Labute approximate surface area is 197 Å². The third-order valence-electron chi connectivity index (χ3n) is 9.35. The van der Waals surface area contributed by atoms with E-state index in [1.165, 1.54) is 6.42 Å². The molecule has 4 nitrogen and oxygen atoms in total. The molecule has 33 heavy (non-hydrogen) atoms. The summed E-state index contributed by atoms with van der Waals surface area (Å²) >= 11 is 0. The first-order valence-corrected chi connectivity index (χ1v) is 12.7. The van der Waals surface area contributed by atoms with E-state index in [0.717, 1.165) is 48.1 Å². The van der Waals surface area contributed by atoms with Crippen LogP contribution >= 0.6 is 0 Å². The minimum atomic E-state index is -0.354. The minimum Gasteiger partial charge on any atom is -0.508 e. The molecule has 8 rings (SSSR count). The van der Waals surface area contributed by atoms with Gasteiger partial charge in [-0.1, -0.05) is 38.5 Å². The first kappa shape index (κ1) is 21.3. The molecule has 2 N–H and O–H groups in total. The van der Waals surface area contributed by atoms with E-state index in [-0.39, 0.29) is 34.3 Å². The summed E-state index contributed by atoms with van der Waals surface area (Å²) in [5.74, 6) is 2.92. The molecule has 1 aliphatic heterocycles. The van der Waals surface area contributed by atoms with Crippen LogP contribution < -0.4 is 10.1 Å². The smallest absolute Gasteiger partial charge is 0.247 e. The Balaban J connectivity index is 1.29. The monoisotopic (exact) mass is 447 g/mol. The molecule has 1 aromatic rings. The second-order valence-corrected chi connectivity index (χ2v) is 12.9. The Bertz CT molecular complexity index is 1090. The lowest BCUT2D eigenvalue weighted by molar-refractivity contribution is -0.121. The summed E-state index contributed by atoms with van der Waals surface area (Å²) in [5, 5.41) is 14.6. The number of phenols is 1. The third-order valence-corrected chi connectivity index (χ3v) is 9.35. The Kier molecular flexibility index (Phi) is 4.31. The van der Waals surface area contributed by atoms with Crippen LogP contribution in [0.15, 0.2) is 35.4 Å². The fourth-order valence-electron chi connectivity index (χ4n) is 7.52. The fourth-order valence-corrected chi connectivity index (χ4v) is 7.52. The zero-order valence-corrected chi connectivity index (χ0v) is 20.6. The van der Waals surface area contributed by atoms with Crippen LogP contribution in [0.3, 0.4) is 0 Å². The molecular formula is C29H37NO3. The van der Waals surface area contributed by atoms with Crippen LogP contribution in [0.2, 0.25) is 0 Å². The molecule has 0 aromatic heterocycles. The van der Waals surface area contributed by atoms with Gasteiger partial charge >= 0.3 is 0 Å². The maximum absolute atomic E-state index is 13.5. The summed E-state index contributed by atoms with van der Waals surface area (Å²) in [6.07, 6.45) is 10.5. The summed E-state index contributed by atoms with van der Waals surface area (Å²) in [5.41, 5.74) is 4.01. The molecule has 1 heterocycles. The Morgan fingerprint density at radius 1 is 1.15 bits per heavy atom. The minimum absolute atomic E-state index is 0.0410. The lowest BCUT2D eigenvalue weighted by Gasteiger charge is -2.58. The van der Waals surface area contributed by atoms with Gasteiger partial charge in [0.2, 0.25) is 5.91 Å². The van der Waals surface area contributed by atoms with Crippen LogP contribution in [0.5, 0.6) is 11.5 Å². The number of amides is 1. The van der Waals surface area contributed by atoms with Gasteiger partial charge in [0.1, 0.15) is 17.1 Å². The van der Waals surface area contributed by atoms with Gasteiger partial charge in [0.15, 0.2) is 0 Å². The molecule has 4 bridgehead atoms. The maximum Gasteiger partial charge on any atom is 0.247 e. The number of aromatic hydroxyl groups is 1. The number of fused-ring (bicyclic) bond motifs is 4. The number of rotatable bonds is 2. The number of nitrogens with one attached hydrogen (secondary N) is 1. The molecule has 3 fully saturated rings. The van der Waals surface area contributed by atoms with Crippen LogP contribution in [0.4, 0.5) is 0 Å². The number of ether oxygens (including phenoxy) is 1. The van der Waals surface area contributed by atoms with E-state index in [9.17, 15) is 9.90 Å². The third kappa shape index (κ3) is 3.19. The number of benzene rings is 1. The van der Waals surface area contributed by atoms with E-state index in [2.05, 4.69) is 58.2 Å². The quantitative estimate of drug-likeness (QED) is 0.555. The summed E-state index contributed by atoms with van der Waals surface area (Å²) in [6.45, 7) is 10.7. The highest BCUT2D eigenvalue weighted by Crippen LogP contribution is 2.59. The molecule has 2 unspecified atom stereocenters. The van der Waals surface area contributed by atoms with Crippen LogP contribution in [-0.4, -0.2) is 22.2 Å². The summed E-state index contributed by atoms with van der Waals surface area (Å²) in [4.78, 5) is 13.5. The first-order chi connectivity index (χ1) is 15.5. The second kappa shape index (κ2) is 6.67. The molecule has 0 saturated heterocycles. The van der Waals surface area contributed by atoms with Crippen molar-refractivity contribution >= 4 is 5.91 Å². The van der Waals surface area contributed by atoms with E-state index in [4.69, 9.17) is 4.74 Å². The second-order valence-electron chi connectivity index (χ2n) is 12.9. The number of carbonyl (C=O) groups excluding carboxylic acids is 1. The van der Waals surface area contributed by atoms with Crippen molar-refractivity contribution in [2.75, 3.05) is 0 Å². The number of hydrogen-bond donors (Lipinski definition) is 2. The largest absolute Gasteiger partial charge is 0.508 e.